The Balaban J connectivity index is 0.912. The van der Waals surface area contributed by atoms with Crippen molar-refractivity contribution in [1.82, 2.24) is 37.2 Å². The van der Waals surface area contributed by atoms with E-state index in [2.05, 4.69) is 58.7 Å². The highest BCUT2D eigenvalue weighted by Gasteiger charge is 2.18. The molecule has 11 N–H and O–H groups in total. The van der Waals surface area contributed by atoms with Crippen LogP contribution in [-0.4, -0.2) is 129 Å². The predicted molar refractivity (Wildman–Crippen MR) is 274 cm³/mol. The number of nitrogens with one attached hydrogen (secondary N) is 10. The van der Waals surface area contributed by atoms with Crippen molar-refractivity contribution in [2.75, 3.05) is 105 Å². The zero-order valence-corrected chi connectivity index (χ0v) is 42.6. The number of thioether (sulfide) groups is 1. The lowest BCUT2D eigenvalue weighted by Crippen LogP contribution is -2.43. The average molecular weight is 1030 g/mol. The number of aryl methyl sites for hydroxylation is 4. The summed E-state index contributed by atoms with van der Waals surface area (Å²) in [7, 11) is 0. The normalized spacial score (nSPS) is 12.3. The van der Waals surface area contributed by atoms with E-state index in [0.717, 1.165) is 65.3 Å². The molecular weight excluding hydrogens is 963 g/mol. The number of aromatic nitrogens is 2. The summed E-state index contributed by atoms with van der Waals surface area (Å²) in [5, 5.41) is 22.8. The zero-order valence-electron chi connectivity index (χ0n) is 41.8. The second-order valence-electron chi connectivity index (χ2n) is 17.0. The maximum absolute atomic E-state index is 13.0. The number of ether oxygens (including phenoxy) is 2. The van der Waals surface area contributed by atoms with Crippen LogP contribution in [0.15, 0.2) is 73.3 Å². The summed E-state index contributed by atoms with van der Waals surface area (Å²) < 4.78 is 14.7. The van der Waals surface area contributed by atoms with E-state index in [1.165, 1.54) is 0 Å². The standard InChI is InChI=1S/C49H67N13O10S/c1-34-22-38(28-61(26-34)30-44(64)55-41-7-9-43(37(4)25-41)57-58-48(68)46(66)50-10-5-14-60-15-18-70-19-16-60)31-72-54-13-21-73-20-12-52-45(65)39-23-35(2)27-62(29-39)33-71-32-53-40-6-8-42(36(3)24-40)56-59-49(69)47(67)51-11-17-63/h6-9,22-29,54,63H,5,10-21,30-33H2,1-4H3,(H7-2,50,51,52,53,55,56,57,58,59,64,65,66,67,68,69)/p+2. The molecule has 4 aromatic rings. The Kier molecular flexibility index (Phi) is 24.1. The number of aliphatic hydroxyl groups excluding tert-OH is 1. The molecular formula is C49H69N13O10S+2. The van der Waals surface area contributed by atoms with Crippen molar-refractivity contribution in [3.8, 4) is 0 Å². The van der Waals surface area contributed by atoms with Crippen molar-refractivity contribution >= 4 is 70.0 Å². The molecule has 73 heavy (non-hydrogen) atoms. The van der Waals surface area contributed by atoms with Crippen LogP contribution >= 0.6 is 11.8 Å². The molecule has 1 fully saturated rings. The fourth-order valence-corrected chi connectivity index (χ4v) is 7.95. The minimum Gasteiger partial charge on any atom is -0.395 e. The number of nitrogens with zero attached hydrogens (tertiary/aromatic N) is 3. The highest BCUT2D eigenvalue weighted by Crippen LogP contribution is 2.20. The summed E-state index contributed by atoms with van der Waals surface area (Å²) in [6, 6.07) is 14.4. The van der Waals surface area contributed by atoms with Gasteiger partial charge in [0.1, 0.15) is 12.3 Å². The van der Waals surface area contributed by atoms with Gasteiger partial charge in [0.15, 0.2) is 24.8 Å². The molecule has 394 valence electrons. The molecule has 0 unspecified atom stereocenters. The van der Waals surface area contributed by atoms with Gasteiger partial charge in [-0.05, 0) is 100 Å². The SMILES string of the molecule is Cc1cc(C(=O)NCCSCCNOCc2cc(C)c[n+](CC(=O)Nc3ccc(NNC(=O)C(=O)NCCCN4CCOCC4)c(C)c3)c2)c[n+](COCNc2ccc(NNC(=O)C(=O)NCCO)c(C)c2)c1. The number of carbonyl (C=O) groups is 6. The molecule has 0 atom stereocenters. The van der Waals surface area contributed by atoms with Crippen molar-refractivity contribution in [2.24, 2.45) is 0 Å². The number of morpholine rings is 1. The second kappa shape index (κ2) is 30.8. The molecule has 0 aliphatic carbocycles. The molecule has 0 saturated carbocycles. The van der Waals surface area contributed by atoms with Gasteiger partial charge in [-0.3, -0.25) is 60.2 Å². The van der Waals surface area contributed by atoms with Crippen LogP contribution in [0.3, 0.4) is 0 Å². The summed E-state index contributed by atoms with van der Waals surface area (Å²) in [4.78, 5) is 82.1. The third-order valence-electron chi connectivity index (χ3n) is 10.8. The molecule has 3 heterocycles. The first-order chi connectivity index (χ1) is 35.3. The fourth-order valence-electron chi connectivity index (χ4n) is 7.27. The topological polar surface area (TPSA) is 282 Å². The van der Waals surface area contributed by atoms with Crippen LogP contribution in [0, 0.1) is 27.7 Å². The maximum Gasteiger partial charge on any atom is 0.327 e. The highest BCUT2D eigenvalue weighted by molar-refractivity contribution is 7.99. The largest absolute Gasteiger partial charge is 0.395 e. The number of hydroxylamine groups is 1. The zero-order chi connectivity index (χ0) is 52.4. The number of anilines is 4. The molecule has 1 aliphatic heterocycles. The van der Waals surface area contributed by atoms with Gasteiger partial charge < -0.3 is 41.2 Å². The van der Waals surface area contributed by atoms with E-state index in [1.807, 2.05) is 64.5 Å². The van der Waals surface area contributed by atoms with Crippen molar-refractivity contribution in [3.05, 3.63) is 107 Å². The summed E-state index contributed by atoms with van der Waals surface area (Å²) in [5.41, 5.74) is 20.6. The van der Waals surface area contributed by atoms with Crippen molar-refractivity contribution in [3.63, 3.8) is 0 Å². The number of rotatable bonds is 28. The Labute approximate surface area is 429 Å². The Hall–Kier alpha value is -6.93. The van der Waals surface area contributed by atoms with E-state index in [-0.39, 0.29) is 51.6 Å². The van der Waals surface area contributed by atoms with E-state index in [0.29, 0.717) is 61.2 Å². The number of amides is 6. The van der Waals surface area contributed by atoms with Gasteiger partial charge >= 0.3 is 23.6 Å². The summed E-state index contributed by atoms with van der Waals surface area (Å²) in [6.45, 7) is 13.4. The molecule has 6 amide bonds. The number of carbonyl (C=O) groups excluding carboxylic acids is 6. The second-order valence-corrected chi connectivity index (χ2v) is 18.2. The van der Waals surface area contributed by atoms with Crippen LogP contribution in [0.1, 0.15) is 44.6 Å². The number of aliphatic hydroxyl groups is 1. The van der Waals surface area contributed by atoms with Gasteiger partial charge in [-0.15, -0.1) is 0 Å². The lowest BCUT2D eigenvalue weighted by Gasteiger charge is -2.26. The number of pyridine rings is 2. The van der Waals surface area contributed by atoms with Gasteiger partial charge in [0.25, 0.3) is 18.5 Å². The van der Waals surface area contributed by atoms with E-state index < -0.39 is 23.6 Å². The van der Waals surface area contributed by atoms with Crippen LogP contribution in [0.5, 0.6) is 0 Å². The number of hydrogen-bond donors (Lipinski definition) is 11. The third-order valence-corrected chi connectivity index (χ3v) is 11.8. The molecule has 0 radical (unpaired) electrons. The highest BCUT2D eigenvalue weighted by atomic mass is 32.2. The Morgan fingerprint density at radius 2 is 1.36 bits per heavy atom. The van der Waals surface area contributed by atoms with Crippen LogP contribution in [0.25, 0.3) is 0 Å². The third kappa shape index (κ3) is 21.0. The molecule has 0 spiro atoms. The van der Waals surface area contributed by atoms with Gasteiger partial charge in [0, 0.05) is 78.8 Å². The first-order valence-corrected chi connectivity index (χ1v) is 25.0. The van der Waals surface area contributed by atoms with Gasteiger partial charge in [0.2, 0.25) is 6.54 Å². The van der Waals surface area contributed by atoms with Gasteiger partial charge in [-0.1, -0.05) is 0 Å². The van der Waals surface area contributed by atoms with E-state index >= 15 is 0 Å². The molecule has 24 heteroatoms. The van der Waals surface area contributed by atoms with Crippen molar-refractivity contribution < 1.29 is 57.3 Å². The minimum atomic E-state index is -0.882. The lowest BCUT2D eigenvalue weighted by atomic mass is 10.2. The Morgan fingerprint density at radius 1 is 0.712 bits per heavy atom. The molecule has 2 aromatic heterocycles. The van der Waals surface area contributed by atoms with Crippen LogP contribution in [-0.2, 0) is 58.2 Å². The molecule has 5 rings (SSSR count). The first kappa shape index (κ1) is 57.0. The number of benzene rings is 2. The van der Waals surface area contributed by atoms with E-state index in [1.54, 1.807) is 57.4 Å². The fraction of sp³-hybridized carbons (Fsp3) is 0.429. The van der Waals surface area contributed by atoms with Crippen molar-refractivity contribution in [1.29, 1.82) is 0 Å². The summed E-state index contributed by atoms with van der Waals surface area (Å²) >= 11 is 1.67. The lowest BCUT2D eigenvalue weighted by molar-refractivity contribution is -0.732. The molecule has 1 aliphatic rings. The summed E-state index contributed by atoms with van der Waals surface area (Å²) in [5.74, 6) is -2.22. The van der Waals surface area contributed by atoms with Gasteiger partial charge in [-0.25, -0.2) is 5.48 Å². The number of hydrogen-bond acceptors (Lipinski definition) is 16. The monoisotopic (exact) mass is 1030 g/mol. The van der Waals surface area contributed by atoms with E-state index in [4.69, 9.17) is 19.4 Å². The quantitative estimate of drug-likeness (QED) is 0.0119. The molecule has 0 bridgehead atoms. The molecule has 2 aromatic carbocycles. The van der Waals surface area contributed by atoms with Crippen LogP contribution in [0.2, 0.25) is 0 Å². The summed E-state index contributed by atoms with van der Waals surface area (Å²) in [6.07, 6.45) is 8.09. The van der Waals surface area contributed by atoms with Gasteiger partial charge in [0.05, 0.1) is 37.8 Å². The van der Waals surface area contributed by atoms with Crippen LogP contribution < -0.4 is 62.9 Å². The van der Waals surface area contributed by atoms with Crippen molar-refractivity contribution in [2.45, 2.75) is 54.0 Å². The molecule has 23 nitrogen and oxygen atoms in total. The number of hydrazine groups is 2. The van der Waals surface area contributed by atoms with Crippen LogP contribution in [0.4, 0.5) is 22.7 Å². The molecule has 1 saturated heterocycles. The Morgan fingerprint density at radius 3 is 2.05 bits per heavy atom. The van der Waals surface area contributed by atoms with E-state index in [9.17, 15) is 28.8 Å². The minimum absolute atomic E-state index is 0.0196. The first-order valence-electron chi connectivity index (χ1n) is 23.9. The van der Waals surface area contributed by atoms with Gasteiger partial charge in [-0.2, -0.15) is 20.9 Å². The predicted octanol–water partition coefficient (Wildman–Crippen LogP) is 0.195. The average Bonchev–Trinajstić information content (AvgIpc) is 3.36. The smallest absolute Gasteiger partial charge is 0.327 e. The Bertz CT molecular complexity index is 2500. The maximum atomic E-state index is 13.0.